The Balaban J connectivity index is 2.16. The zero-order chi connectivity index (χ0) is 16.5. The van der Waals surface area contributed by atoms with E-state index in [2.05, 4.69) is 15.3 Å². The van der Waals surface area contributed by atoms with Gasteiger partial charge in [-0.05, 0) is 6.92 Å². The predicted molar refractivity (Wildman–Crippen MR) is 67.9 cm³/mol. The predicted octanol–water partition coefficient (Wildman–Crippen LogP) is -0.223. The third-order valence-electron chi connectivity index (χ3n) is 3.41. The smallest absolute Gasteiger partial charge is 0.394 e. The summed E-state index contributed by atoms with van der Waals surface area (Å²) < 4.78 is 43.1. The quantitative estimate of drug-likeness (QED) is 0.609. The highest BCUT2D eigenvalue weighted by molar-refractivity contribution is 5.35. The molecular formula is C12H16F3N3O4. The van der Waals surface area contributed by atoms with Gasteiger partial charge < -0.3 is 25.4 Å². The van der Waals surface area contributed by atoms with Crippen LogP contribution in [0.2, 0.25) is 0 Å². The SMILES string of the molecule is C[C@@H]1O[C@H](CO)[C@H](O)[C@H](O)[C@H]1Nc1cncc(C(F)(F)F)n1. The summed E-state index contributed by atoms with van der Waals surface area (Å²) in [5.74, 6) is -0.205. The van der Waals surface area contributed by atoms with Gasteiger partial charge in [-0.1, -0.05) is 0 Å². The summed E-state index contributed by atoms with van der Waals surface area (Å²) in [5.41, 5.74) is -1.18. The maximum atomic E-state index is 12.6. The summed E-state index contributed by atoms with van der Waals surface area (Å²) in [6.45, 7) is 1.06. The average molecular weight is 323 g/mol. The third kappa shape index (κ3) is 3.46. The molecule has 5 atom stereocenters. The maximum absolute atomic E-state index is 12.6. The number of aromatic nitrogens is 2. The number of nitrogens with zero attached hydrogens (tertiary/aromatic N) is 2. The number of alkyl halides is 3. The first-order valence-corrected chi connectivity index (χ1v) is 6.52. The molecule has 2 rings (SSSR count). The van der Waals surface area contributed by atoms with Crippen molar-refractivity contribution in [2.45, 2.75) is 43.6 Å². The van der Waals surface area contributed by atoms with E-state index in [4.69, 9.17) is 9.84 Å². The Morgan fingerprint density at radius 1 is 1.27 bits per heavy atom. The lowest BCUT2D eigenvalue weighted by Crippen LogP contribution is -2.60. The van der Waals surface area contributed by atoms with Crippen LogP contribution >= 0.6 is 0 Å². The Kier molecular flexibility index (Phi) is 4.85. The molecule has 0 aromatic carbocycles. The molecule has 22 heavy (non-hydrogen) atoms. The molecule has 1 aromatic heterocycles. The molecule has 0 aliphatic carbocycles. The van der Waals surface area contributed by atoms with Crippen molar-refractivity contribution in [2.24, 2.45) is 0 Å². The van der Waals surface area contributed by atoms with Gasteiger partial charge >= 0.3 is 6.18 Å². The molecule has 1 saturated heterocycles. The molecule has 4 N–H and O–H groups in total. The average Bonchev–Trinajstić information content (AvgIpc) is 2.47. The van der Waals surface area contributed by atoms with E-state index in [1.807, 2.05) is 0 Å². The molecular weight excluding hydrogens is 307 g/mol. The summed E-state index contributed by atoms with van der Waals surface area (Å²) in [6, 6.07) is -0.907. The molecule has 1 fully saturated rings. The van der Waals surface area contributed by atoms with Crippen molar-refractivity contribution in [3.05, 3.63) is 18.1 Å². The highest BCUT2D eigenvalue weighted by Crippen LogP contribution is 2.28. The molecule has 0 saturated carbocycles. The minimum Gasteiger partial charge on any atom is -0.394 e. The van der Waals surface area contributed by atoms with Crippen LogP contribution in [0.4, 0.5) is 19.0 Å². The summed E-state index contributed by atoms with van der Waals surface area (Å²) >= 11 is 0. The van der Waals surface area contributed by atoms with E-state index >= 15 is 0 Å². The molecule has 7 nitrogen and oxygen atoms in total. The van der Waals surface area contributed by atoms with Crippen LogP contribution in [0.25, 0.3) is 0 Å². The highest BCUT2D eigenvalue weighted by Gasteiger charge is 2.42. The molecule has 1 aliphatic heterocycles. The molecule has 1 aromatic rings. The number of hydrogen-bond donors (Lipinski definition) is 4. The molecule has 0 unspecified atom stereocenters. The largest absolute Gasteiger partial charge is 0.434 e. The molecule has 0 bridgehead atoms. The van der Waals surface area contributed by atoms with Gasteiger partial charge in [0.15, 0.2) is 5.69 Å². The number of anilines is 1. The number of rotatable bonds is 3. The third-order valence-corrected chi connectivity index (χ3v) is 3.41. The van der Waals surface area contributed by atoms with Crippen LogP contribution in [-0.2, 0) is 10.9 Å². The van der Waals surface area contributed by atoms with Gasteiger partial charge in [0.2, 0.25) is 0 Å². The summed E-state index contributed by atoms with van der Waals surface area (Å²) in [4.78, 5) is 6.82. The lowest BCUT2D eigenvalue weighted by atomic mass is 9.93. The lowest BCUT2D eigenvalue weighted by Gasteiger charge is -2.41. The Labute approximate surface area is 123 Å². The first-order valence-electron chi connectivity index (χ1n) is 6.52. The molecule has 0 radical (unpaired) electrons. The summed E-state index contributed by atoms with van der Waals surface area (Å²) in [7, 11) is 0. The number of ether oxygens (including phenoxy) is 1. The summed E-state index contributed by atoms with van der Waals surface area (Å²) in [5, 5.41) is 31.4. The van der Waals surface area contributed by atoms with Crippen LogP contribution in [-0.4, -0.2) is 62.4 Å². The second kappa shape index (κ2) is 6.32. The van der Waals surface area contributed by atoms with Gasteiger partial charge in [-0.25, -0.2) is 4.98 Å². The number of aliphatic hydroxyl groups excluding tert-OH is 3. The minimum absolute atomic E-state index is 0.205. The van der Waals surface area contributed by atoms with Crippen LogP contribution in [0.5, 0.6) is 0 Å². The van der Waals surface area contributed by atoms with Gasteiger partial charge in [-0.2, -0.15) is 13.2 Å². The Morgan fingerprint density at radius 3 is 2.55 bits per heavy atom. The van der Waals surface area contributed by atoms with Crippen LogP contribution in [0.3, 0.4) is 0 Å². The second-order valence-corrected chi connectivity index (χ2v) is 5.00. The van der Waals surface area contributed by atoms with Gasteiger partial charge in [-0.3, -0.25) is 4.98 Å². The number of hydrogen-bond acceptors (Lipinski definition) is 7. The van der Waals surface area contributed by atoms with Crippen molar-refractivity contribution < 1.29 is 33.2 Å². The van der Waals surface area contributed by atoms with Crippen LogP contribution in [0.1, 0.15) is 12.6 Å². The van der Waals surface area contributed by atoms with E-state index in [1.54, 1.807) is 6.92 Å². The van der Waals surface area contributed by atoms with Crippen LogP contribution in [0.15, 0.2) is 12.4 Å². The van der Waals surface area contributed by atoms with Crippen molar-refractivity contribution in [1.29, 1.82) is 0 Å². The van der Waals surface area contributed by atoms with Gasteiger partial charge in [0.05, 0.1) is 31.1 Å². The van der Waals surface area contributed by atoms with Crippen molar-refractivity contribution >= 4 is 5.82 Å². The maximum Gasteiger partial charge on any atom is 0.434 e. The van der Waals surface area contributed by atoms with Gasteiger partial charge in [0, 0.05) is 0 Å². The van der Waals surface area contributed by atoms with Gasteiger partial charge in [0.1, 0.15) is 24.1 Å². The van der Waals surface area contributed by atoms with E-state index < -0.39 is 48.9 Å². The standard InChI is InChI=1S/C12H16F3N3O4/c1-5-9(11(21)10(20)6(4-19)22-5)18-8-3-16-2-7(17-8)12(13,14)15/h2-3,5-6,9-11,19-21H,4H2,1H3,(H,17,18)/t5-,6+,9-,10-,11+/m0/s1. The number of aliphatic hydroxyl groups is 3. The first kappa shape index (κ1) is 16.9. The molecule has 10 heteroatoms. The normalized spacial score (nSPS) is 32.8. The Hall–Kier alpha value is -1.49. The van der Waals surface area contributed by atoms with Crippen molar-refractivity contribution in [2.75, 3.05) is 11.9 Å². The number of halogens is 3. The van der Waals surface area contributed by atoms with Crippen molar-refractivity contribution in [3.8, 4) is 0 Å². The fourth-order valence-electron chi connectivity index (χ4n) is 2.25. The second-order valence-electron chi connectivity index (χ2n) is 5.00. The molecule has 1 aliphatic rings. The summed E-state index contributed by atoms with van der Waals surface area (Å²) in [6.07, 6.45) is -7.35. The minimum atomic E-state index is -4.64. The monoisotopic (exact) mass is 323 g/mol. The van der Waals surface area contributed by atoms with E-state index in [1.165, 1.54) is 0 Å². The zero-order valence-corrected chi connectivity index (χ0v) is 11.5. The fourth-order valence-corrected chi connectivity index (χ4v) is 2.25. The number of nitrogens with one attached hydrogen (secondary N) is 1. The fraction of sp³-hybridized carbons (Fsp3) is 0.667. The van der Waals surface area contributed by atoms with Gasteiger partial charge in [0.25, 0.3) is 0 Å². The zero-order valence-electron chi connectivity index (χ0n) is 11.5. The molecule has 0 spiro atoms. The van der Waals surface area contributed by atoms with Gasteiger partial charge in [-0.15, -0.1) is 0 Å². The van der Waals surface area contributed by atoms with Crippen LogP contribution < -0.4 is 5.32 Å². The highest BCUT2D eigenvalue weighted by atomic mass is 19.4. The molecule has 2 heterocycles. The molecule has 0 amide bonds. The topological polar surface area (TPSA) is 108 Å². The Bertz CT molecular complexity index is 517. The Morgan fingerprint density at radius 2 is 1.95 bits per heavy atom. The van der Waals surface area contributed by atoms with Crippen molar-refractivity contribution in [1.82, 2.24) is 9.97 Å². The van der Waals surface area contributed by atoms with E-state index in [9.17, 15) is 23.4 Å². The first-order chi connectivity index (χ1) is 10.2. The van der Waals surface area contributed by atoms with Crippen LogP contribution in [0, 0.1) is 0 Å². The van der Waals surface area contributed by atoms with E-state index in [0.717, 1.165) is 6.20 Å². The van der Waals surface area contributed by atoms with E-state index in [0.29, 0.717) is 6.20 Å². The molecule has 124 valence electrons. The van der Waals surface area contributed by atoms with E-state index in [-0.39, 0.29) is 5.82 Å². The van der Waals surface area contributed by atoms with Crippen molar-refractivity contribution in [3.63, 3.8) is 0 Å². The lowest BCUT2D eigenvalue weighted by molar-refractivity contribution is -0.180.